The second-order valence-corrected chi connectivity index (χ2v) is 8.57. The van der Waals surface area contributed by atoms with Gasteiger partial charge in [-0.25, -0.2) is 0 Å². The van der Waals surface area contributed by atoms with Crippen LogP contribution in [0.25, 0.3) is 0 Å². The Kier molecular flexibility index (Phi) is 10.6. The molecule has 0 radical (unpaired) electrons. The van der Waals surface area contributed by atoms with Crippen molar-refractivity contribution in [1.82, 2.24) is 10.2 Å². The van der Waals surface area contributed by atoms with Gasteiger partial charge < -0.3 is 24.8 Å². The van der Waals surface area contributed by atoms with E-state index in [4.69, 9.17) is 26.2 Å². The Morgan fingerprint density at radius 1 is 0.972 bits per heavy atom. The second kappa shape index (κ2) is 14.1. The van der Waals surface area contributed by atoms with Crippen molar-refractivity contribution in [3.8, 4) is 11.5 Å². The molecule has 0 aliphatic heterocycles. The van der Waals surface area contributed by atoms with E-state index in [1.54, 1.807) is 31.4 Å². The van der Waals surface area contributed by atoms with Gasteiger partial charge in [-0.05, 0) is 41.8 Å². The zero-order valence-electron chi connectivity index (χ0n) is 20.2. The summed E-state index contributed by atoms with van der Waals surface area (Å²) in [6.45, 7) is 0.180. The third kappa shape index (κ3) is 8.00. The van der Waals surface area contributed by atoms with Crippen molar-refractivity contribution in [2.24, 2.45) is 0 Å². The molecule has 0 spiro atoms. The van der Waals surface area contributed by atoms with Crippen LogP contribution in [-0.2, 0) is 22.6 Å². The third-order valence-electron chi connectivity index (χ3n) is 5.60. The monoisotopic (exact) mass is 510 g/mol. The van der Waals surface area contributed by atoms with Gasteiger partial charge in [0.15, 0.2) is 6.61 Å². The molecule has 0 saturated heterocycles. The van der Waals surface area contributed by atoms with Crippen molar-refractivity contribution >= 4 is 23.4 Å². The maximum absolute atomic E-state index is 13.5. The molecule has 0 aliphatic rings. The second-order valence-electron chi connectivity index (χ2n) is 8.16. The van der Waals surface area contributed by atoms with Crippen LogP contribution in [0.1, 0.15) is 17.5 Å². The molecular weight excluding hydrogens is 480 g/mol. The Hall–Kier alpha value is -3.55. The first kappa shape index (κ1) is 27.0. The number of methoxy groups -OCH3 is 1. The quantitative estimate of drug-likeness (QED) is 0.341. The number of rotatable bonds is 13. The predicted octanol–water partition coefficient (Wildman–Crippen LogP) is 3.87. The van der Waals surface area contributed by atoms with E-state index in [1.165, 1.54) is 4.90 Å². The van der Waals surface area contributed by atoms with E-state index in [1.807, 2.05) is 54.6 Å². The molecule has 0 heterocycles. The fraction of sp³-hybridized carbons (Fsp3) is 0.286. The number of ether oxygens (including phenoxy) is 2. The Morgan fingerprint density at radius 3 is 2.33 bits per heavy atom. The average Bonchev–Trinajstić information content (AvgIpc) is 2.91. The van der Waals surface area contributed by atoms with Crippen molar-refractivity contribution in [2.75, 3.05) is 26.9 Å². The van der Waals surface area contributed by atoms with Crippen LogP contribution >= 0.6 is 11.6 Å². The Labute approximate surface area is 216 Å². The van der Waals surface area contributed by atoms with Crippen LogP contribution in [0.5, 0.6) is 11.5 Å². The lowest BCUT2D eigenvalue weighted by atomic mass is 10.0. The van der Waals surface area contributed by atoms with Crippen molar-refractivity contribution in [3.05, 3.63) is 95.0 Å². The van der Waals surface area contributed by atoms with E-state index in [0.29, 0.717) is 35.9 Å². The van der Waals surface area contributed by atoms with Crippen LogP contribution in [0.3, 0.4) is 0 Å². The van der Waals surface area contributed by atoms with Crippen molar-refractivity contribution in [2.45, 2.75) is 25.4 Å². The lowest BCUT2D eigenvalue weighted by Crippen LogP contribution is -2.51. The molecule has 1 atom stereocenters. The summed E-state index contributed by atoms with van der Waals surface area (Å²) in [5, 5.41) is 12.4. The van der Waals surface area contributed by atoms with Crippen LogP contribution in [0.15, 0.2) is 78.9 Å². The molecule has 0 saturated carbocycles. The van der Waals surface area contributed by atoms with Crippen LogP contribution < -0.4 is 14.8 Å². The summed E-state index contributed by atoms with van der Waals surface area (Å²) < 4.78 is 11.0. The molecule has 0 bridgehead atoms. The van der Waals surface area contributed by atoms with Gasteiger partial charge in [0, 0.05) is 26.1 Å². The number of nitrogens with zero attached hydrogens (tertiary/aromatic N) is 1. The Balaban J connectivity index is 1.89. The van der Waals surface area contributed by atoms with E-state index >= 15 is 0 Å². The van der Waals surface area contributed by atoms with E-state index in [2.05, 4.69) is 5.32 Å². The molecule has 36 heavy (non-hydrogen) atoms. The lowest BCUT2D eigenvalue weighted by Gasteiger charge is -2.31. The molecule has 8 heteroatoms. The van der Waals surface area contributed by atoms with E-state index in [-0.39, 0.29) is 31.6 Å². The number of carbonyl (C=O) groups excluding carboxylic acids is 2. The fourth-order valence-corrected chi connectivity index (χ4v) is 3.86. The number of benzene rings is 3. The number of hydrogen-bond acceptors (Lipinski definition) is 5. The SMILES string of the molecule is COc1ccc(CN(C(=O)COc2ccccc2Cl)C(Cc2ccccc2)C(=O)NCCCO)cc1. The molecule has 3 aromatic rings. The number of aliphatic hydroxyl groups excluding tert-OH is 1. The maximum Gasteiger partial charge on any atom is 0.261 e. The predicted molar refractivity (Wildman–Crippen MR) is 139 cm³/mol. The smallest absolute Gasteiger partial charge is 0.261 e. The summed E-state index contributed by atoms with van der Waals surface area (Å²) in [5.74, 6) is 0.432. The van der Waals surface area contributed by atoms with Gasteiger partial charge in [0.05, 0.1) is 12.1 Å². The zero-order valence-corrected chi connectivity index (χ0v) is 21.0. The minimum absolute atomic E-state index is 0.0379. The number of hydrogen-bond donors (Lipinski definition) is 2. The topological polar surface area (TPSA) is 88.1 Å². The Bertz CT molecular complexity index is 1110. The molecule has 3 rings (SSSR count). The summed E-state index contributed by atoms with van der Waals surface area (Å²) >= 11 is 6.19. The van der Waals surface area contributed by atoms with E-state index < -0.39 is 6.04 Å². The maximum atomic E-state index is 13.5. The van der Waals surface area contributed by atoms with Gasteiger partial charge in [-0.2, -0.15) is 0 Å². The molecular formula is C28H31ClN2O5. The Morgan fingerprint density at radius 2 is 1.67 bits per heavy atom. The van der Waals surface area contributed by atoms with Crippen molar-refractivity contribution in [1.29, 1.82) is 0 Å². The van der Waals surface area contributed by atoms with Gasteiger partial charge in [0.1, 0.15) is 17.5 Å². The van der Waals surface area contributed by atoms with Gasteiger partial charge in [-0.3, -0.25) is 9.59 Å². The molecule has 7 nitrogen and oxygen atoms in total. The summed E-state index contributed by atoms with van der Waals surface area (Å²) in [5.41, 5.74) is 1.75. The minimum atomic E-state index is -0.796. The normalized spacial score (nSPS) is 11.4. The molecule has 1 unspecified atom stereocenters. The number of aliphatic hydroxyl groups is 1. The summed E-state index contributed by atoms with van der Waals surface area (Å²) in [6, 6.07) is 23.0. The van der Waals surface area contributed by atoms with Crippen molar-refractivity contribution in [3.63, 3.8) is 0 Å². The summed E-state index contributed by atoms with van der Waals surface area (Å²) in [7, 11) is 1.59. The first-order valence-corrected chi connectivity index (χ1v) is 12.1. The molecule has 190 valence electrons. The number of para-hydroxylation sites is 1. The molecule has 0 aromatic heterocycles. The third-order valence-corrected chi connectivity index (χ3v) is 5.92. The molecule has 2 amide bonds. The number of halogens is 1. The first-order valence-electron chi connectivity index (χ1n) is 11.7. The summed E-state index contributed by atoms with van der Waals surface area (Å²) in [6.07, 6.45) is 0.742. The molecule has 2 N–H and O–H groups in total. The summed E-state index contributed by atoms with van der Waals surface area (Å²) in [4.78, 5) is 28.4. The fourth-order valence-electron chi connectivity index (χ4n) is 3.67. The van der Waals surface area contributed by atoms with Gasteiger partial charge in [0.2, 0.25) is 5.91 Å². The van der Waals surface area contributed by atoms with Gasteiger partial charge >= 0.3 is 0 Å². The number of amides is 2. The van der Waals surface area contributed by atoms with Gasteiger partial charge in [0.25, 0.3) is 5.91 Å². The number of nitrogens with one attached hydrogen (secondary N) is 1. The minimum Gasteiger partial charge on any atom is -0.497 e. The molecule has 3 aromatic carbocycles. The highest BCUT2D eigenvalue weighted by Gasteiger charge is 2.30. The molecule has 0 aliphatic carbocycles. The largest absolute Gasteiger partial charge is 0.497 e. The van der Waals surface area contributed by atoms with E-state index in [9.17, 15) is 9.59 Å². The lowest BCUT2D eigenvalue weighted by molar-refractivity contribution is -0.142. The highest BCUT2D eigenvalue weighted by Crippen LogP contribution is 2.24. The zero-order chi connectivity index (χ0) is 25.8. The standard InChI is InChI=1S/C28H31ClN2O5/c1-35-23-14-12-22(13-15-23)19-31(27(33)20-36-26-11-6-5-10-24(26)29)25(28(34)30-16-7-17-32)18-21-8-3-2-4-9-21/h2-6,8-15,25,32H,7,16-20H2,1H3,(H,30,34). The van der Waals surface area contributed by atoms with E-state index in [0.717, 1.165) is 11.1 Å². The van der Waals surface area contributed by atoms with Crippen LogP contribution in [-0.4, -0.2) is 54.7 Å². The van der Waals surface area contributed by atoms with Crippen LogP contribution in [0.4, 0.5) is 0 Å². The number of carbonyl (C=O) groups is 2. The van der Waals surface area contributed by atoms with Crippen LogP contribution in [0.2, 0.25) is 5.02 Å². The van der Waals surface area contributed by atoms with Crippen molar-refractivity contribution < 1.29 is 24.2 Å². The first-order chi connectivity index (χ1) is 17.5. The molecule has 0 fully saturated rings. The highest BCUT2D eigenvalue weighted by atomic mass is 35.5. The highest BCUT2D eigenvalue weighted by molar-refractivity contribution is 6.32. The van der Waals surface area contributed by atoms with Gasteiger partial charge in [-0.1, -0.05) is 66.2 Å². The average molecular weight is 511 g/mol. The van der Waals surface area contributed by atoms with Crippen LogP contribution in [0, 0.1) is 0 Å². The van der Waals surface area contributed by atoms with Gasteiger partial charge in [-0.15, -0.1) is 0 Å².